The van der Waals surface area contributed by atoms with Gasteiger partial charge < -0.3 is 25.0 Å². The Morgan fingerprint density at radius 2 is 1.83 bits per heavy atom. The first-order valence-corrected chi connectivity index (χ1v) is 9.66. The molecule has 29 heavy (non-hydrogen) atoms. The molecule has 0 unspecified atom stereocenters. The van der Waals surface area contributed by atoms with Crippen LogP contribution in [0.25, 0.3) is 0 Å². The van der Waals surface area contributed by atoms with Gasteiger partial charge in [0.15, 0.2) is 11.5 Å². The number of rotatable bonds is 7. The van der Waals surface area contributed by atoms with E-state index in [-0.39, 0.29) is 17.9 Å². The monoisotopic (exact) mass is 417 g/mol. The highest BCUT2D eigenvalue weighted by Gasteiger charge is 2.30. The van der Waals surface area contributed by atoms with Gasteiger partial charge in [0, 0.05) is 42.7 Å². The highest BCUT2D eigenvalue weighted by Crippen LogP contribution is 2.28. The van der Waals surface area contributed by atoms with Crippen LogP contribution in [0.1, 0.15) is 12.0 Å². The van der Waals surface area contributed by atoms with Crippen LogP contribution in [0.15, 0.2) is 42.5 Å². The average Bonchev–Trinajstić information content (AvgIpc) is 3.11. The Morgan fingerprint density at radius 3 is 2.52 bits per heavy atom. The van der Waals surface area contributed by atoms with Crippen molar-refractivity contribution in [1.29, 1.82) is 0 Å². The summed E-state index contributed by atoms with van der Waals surface area (Å²) in [7, 11) is 3.14. The van der Waals surface area contributed by atoms with Gasteiger partial charge in [-0.2, -0.15) is 0 Å². The maximum Gasteiger partial charge on any atom is 0.315 e. The molecule has 0 aliphatic carbocycles. The summed E-state index contributed by atoms with van der Waals surface area (Å²) < 4.78 is 10.5. The number of hydrogen-bond acceptors (Lipinski definition) is 4. The predicted octanol–water partition coefficient (Wildman–Crippen LogP) is 3.21. The van der Waals surface area contributed by atoms with E-state index < -0.39 is 0 Å². The predicted molar refractivity (Wildman–Crippen MR) is 112 cm³/mol. The number of anilines is 1. The van der Waals surface area contributed by atoms with Gasteiger partial charge in [-0.15, -0.1) is 0 Å². The largest absolute Gasteiger partial charge is 0.493 e. The number of halogens is 1. The second kappa shape index (κ2) is 9.52. The Morgan fingerprint density at radius 1 is 1.10 bits per heavy atom. The first kappa shape index (κ1) is 20.8. The summed E-state index contributed by atoms with van der Waals surface area (Å²) in [6.45, 7) is 1.34. The van der Waals surface area contributed by atoms with Crippen LogP contribution in [0.4, 0.5) is 10.5 Å². The molecule has 0 saturated carbocycles. The van der Waals surface area contributed by atoms with Crippen molar-refractivity contribution in [1.82, 2.24) is 10.6 Å². The number of urea groups is 1. The molecule has 2 aromatic rings. The number of carbonyl (C=O) groups excluding carboxylic acids is 2. The minimum Gasteiger partial charge on any atom is -0.493 e. The highest BCUT2D eigenvalue weighted by molar-refractivity contribution is 6.30. The normalized spacial score (nSPS) is 15.9. The number of nitrogens with zero attached hydrogens (tertiary/aromatic N) is 1. The minimum absolute atomic E-state index is 0.0462. The molecule has 1 fully saturated rings. The van der Waals surface area contributed by atoms with Crippen molar-refractivity contribution >= 4 is 29.2 Å². The van der Waals surface area contributed by atoms with E-state index in [1.807, 2.05) is 24.3 Å². The van der Waals surface area contributed by atoms with Crippen LogP contribution in [-0.4, -0.2) is 39.2 Å². The van der Waals surface area contributed by atoms with Crippen LogP contribution < -0.4 is 25.0 Å². The fourth-order valence-corrected chi connectivity index (χ4v) is 3.39. The maximum atomic E-state index is 12.3. The van der Waals surface area contributed by atoms with E-state index in [0.717, 1.165) is 11.3 Å². The molecule has 1 aliphatic heterocycles. The summed E-state index contributed by atoms with van der Waals surface area (Å²) in [5, 5.41) is 6.28. The van der Waals surface area contributed by atoms with Gasteiger partial charge in [0.25, 0.3) is 0 Å². The Bertz CT molecular complexity index is 873. The van der Waals surface area contributed by atoms with Gasteiger partial charge >= 0.3 is 6.03 Å². The molecule has 0 radical (unpaired) electrons. The Kier molecular flexibility index (Phi) is 6.82. The zero-order chi connectivity index (χ0) is 20.8. The summed E-state index contributed by atoms with van der Waals surface area (Å²) in [5.74, 6) is 1.35. The minimum atomic E-state index is -0.280. The molecule has 8 heteroatoms. The first-order valence-electron chi connectivity index (χ1n) is 9.28. The lowest BCUT2D eigenvalue weighted by Crippen LogP contribution is -2.38. The standard InChI is InChI=1S/C21H24ClN3O4/c1-28-18-8-3-14(9-19(18)29-2)11-23-21(27)24-12-15-10-20(26)25(13-15)17-6-4-16(22)5-7-17/h3-9,15H,10-13H2,1-2H3,(H2,23,24,27)/t15-/m0/s1. The van der Waals surface area contributed by atoms with Gasteiger partial charge in [-0.05, 0) is 42.0 Å². The van der Waals surface area contributed by atoms with Crippen molar-refractivity contribution in [3.63, 3.8) is 0 Å². The third-order valence-electron chi connectivity index (χ3n) is 4.80. The molecule has 0 aromatic heterocycles. The van der Waals surface area contributed by atoms with Gasteiger partial charge in [0.2, 0.25) is 5.91 Å². The Balaban J connectivity index is 1.46. The lowest BCUT2D eigenvalue weighted by Gasteiger charge is -2.17. The van der Waals surface area contributed by atoms with Gasteiger partial charge in [0.05, 0.1) is 14.2 Å². The summed E-state index contributed by atoms with van der Waals surface area (Å²) in [6.07, 6.45) is 0.401. The van der Waals surface area contributed by atoms with Crippen LogP contribution in [0.3, 0.4) is 0 Å². The average molecular weight is 418 g/mol. The maximum absolute atomic E-state index is 12.3. The highest BCUT2D eigenvalue weighted by atomic mass is 35.5. The topological polar surface area (TPSA) is 79.9 Å². The van der Waals surface area contributed by atoms with E-state index in [1.165, 1.54) is 0 Å². The Hall–Kier alpha value is -2.93. The number of amides is 3. The molecule has 0 bridgehead atoms. The number of hydrogen-bond donors (Lipinski definition) is 2. The molecule has 1 aliphatic rings. The second-order valence-electron chi connectivity index (χ2n) is 6.80. The van der Waals surface area contributed by atoms with E-state index in [2.05, 4.69) is 10.6 Å². The van der Waals surface area contributed by atoms with Crippen molar-refractivity contribution in [2.45, 2.75) is 13.0 Å². The number of benzene rings is 2. The van der Waals surface area contributed by atoms with E-state index in [4.69, 9.17) is 21.1 Å². The molecular formula is C21H24ClN3O4. The molecule has 1 atom stereocenters. The lowest BCUT2D eigenvalue weighted by molar-refractivity contribution is -0.117. The number of ether oxygens (including phenoxy) is 2. The van der Waals surface area contributed by atoms with Crippen LogP contribution in [0.2, 0.25) is 5.02 Å². The fourth-order valence-electron chi connectivity index (χ4n) is 3.26. The molecule has 154 valence electrons. The fraction of sp³-hybridized carbons (Fsp3) is 0.333. The van der Waals surface area contributed by atoms with Crippen LogP contribution in [0, 0.1) is 5.92 Å². The van der Waals surface area contributed by atoms with E-state index in [9.17, 15) is 9.59 Å². The number of carbonyl (C=O) groups is 2. The molecular weight excluding hydrogens is 394 g/mol. The van der Waals surface area contributed by atoms with Crippen molar-refractivity contribution in [2.75, 3.05) is 32.2 Å². The van der Waals surface area contributed by atoms with Gasteiger partial charge in [-0.1, -0.05) is 17.7 Å². The Labute approximate surface area is 174 Å². The van der Waals surface area contributed by atoms with Crippen LogP contribution >= 0.6 is 11.6 Å². The quantitative estimate of drug-likeness (QED) is 0.725. The molecule has 0 spiro atoms. The van der Waals surface area contributed by atoms with Gasteiger partial charge in [-0.3, -0.25) is 4.79 Å². The van der Waals surface area contributed by atoms with Gasteiger partial charge in [-0.25, -0.2) is 4.79 Å². The number of nitrogens with one attached hydrogen (secondary N) is 2. The molecule has 3 amide bonds. The number of methoxy groups -OCH3 is 2. The summed E-state index contributed by atoms with van der Waals surface area (Å²) in [5.41, 5.74) is 1.71. The summed E-state index contributed by atoms with van der Waals surface area (Å²) in [6, 6.07) is 12.4. The van der Waals surface area contributed by atoms with E-state index in [1.54, 1.807) is 37.3 Å². The lowest BCUT2D eigenvalue weighted by atomic mass is 10.1. The zero-order valence-corrected chi connectivity index (χ0v) is 17.2. The summed E-state index contributed by atoms with van der Waals surface area (Å²) >= 11 is 5.90. The van der Waals surface area contributed by atoms with Crippen molar-refractivity contribution in [2.24, 2.45) is 5.92 Å². The molecule has 1 saturated heterocycles. The third-order valence-corrected chi connectivity index (χ3v) is 5.05. The third kappa shape index (κ3) is 5.32. The summed E-state index contributed by atoms with van der Waals surface area (Å²) in [4.78, 5) is 26.1. The molecule has 3 rings (SSSR count). The molecule has 2 aromatic carbocycles. The van der Waals surface area contributed by atoms with E-state index >= 15 is 0 Å². The first-order chi connectivity index (χ1) is 14.0. The SMILES string of the molecule is COc1ccc(CNC(=O)NC[C@@H]2CC(=O)N(c3ccc(Cl)cc3)C2)cc1OC. The smallest absolute Gasteiger partial charge is 0.315 e. The molecule has 7 nitrogen and oxygen atoms in total. The van der Waals surface area contributed by atoms with E-state index in [0.29, 0.717) is 42.6 Å². The van der Waals surface area contributed by atoms with Crippen molar-refractivity contribution in [3.05, 3.63) is 53.1 Å². The van der Waals surface area contributed by atoms with Crippen molar-refractivity contribution < 1.29 is 19.1 Å². The zero-order valence-electron chi connectivity index (χ0n) is 16.4. The van der Waals surface area contributed by atoms with Crippen LogP contribution in [0.5, 0.6) is 11.5 Å². The van der Waals surface area contributed by atoms with Crippen molar-refractivity contribution in [3.8, 4) is 11.5 Å². The van der Waals surface area contributed by atoms with Crippen LogP contribution in [-0.2, 0) is 11.3 Å². The second-order valence-corrected chi connectivity index (χ2v) is 7.24. The molecule has 2 N–H and O–H groups in total. The van der Waals surface area contributed by atoms with Gasteiger partial charge in [0.1, 0.15) is 0 Å². The molecule has 1 heterocycles.